The molecule has 1 heterocycles. The van der Waals surface area contributed by atoms with Gasteiger partial charge in [-0.2, -0.15) is 0 Å². The minimum atomic E-state index is -0.465. The van der Waals surface area contributed by atoms with Crippen LogP contribution in [0.5, 0.6) is 0 Å². The van der Waals surface area contributed by atoms with Gasteiger partial charge in [-0.25, -0.2) is 4.98 Å². The lowest BCUT2D eigenvalue weighted by molar-refractivity contribution is -0.133. The van der Waals surface area contributed by atoms with Gasteiger partial charge in [-0.15, -0.1) is 11.3 Å². The number of hydrogen-bond acceptors (Lipinski definition) is 5. The second-order valence-electron chi connectivity index (χ2n) is 7.45. The molecule has 2 amide bonds. The number of amides is 2. The Balaban J connectivity index is 1.54. The lowest BCUT2D eigenvalue weighted by Gasteiger charge is -2.22. The van der Waals surface area contributed by atoms with Crippen molar-refractivity contribution in [2.75, 3.05) is 24.2 Å². The standard InChI is InChI=1S/C24H28N4O2S/c1-5-18-8-6-7-9-21(18)27-23(29)14-28(4)24(30)16(2)25-20-12-10-19(11-13-20)22-15-31-17(3)26-22/h6-13,15-16,25H,5,14H2,1-4H3,(H,27,29). The summed E-state index contributed by atoms with van der Waals surface area (Å²) in [4.78, 5) is 31.1. The monoisotopic (exact) mass is 436 g/mol. The Kier molecular flexibility index (Phi) is 7.41. The first-order chi connectivity index (χ1) is 14.9. The van der Waals surface area contributed by atoms with Gasteiger partial charge in [0.15, 0.2) is 0 Å². The van der Waals surface area contributed by atoms with Crippen LogP contribution < -0.4 is 10.6 Å². The quantitative estimate of drug-likeness (QED) is 0.542. The lowest BCUT2D eigenvalue weighted by atomic mass is 10.1. The topological polar surface area (TPSA) is 74.3 Å². The average Bonchev–Trinajstić information content (AvgIpc) is 3.20. The van der Waals surface area contributed by atoms with E-state index in [2.05, 4.69) is 15.6 Å². The fraction of sp³-hybridized carbons (Fsp3) is 0.292. The Bertz CT molecular complexity index is 1050. The Labute approximate surface area is 187 Å². The highest BCUT2D eigenvalue weighted by molar-refractivity contribution is 7.09. The van der Waals surface area contributed by atoms with Gasteiger partial charge in [0.25, 0.3) is 0 Å². The maximum Gasteiger partial charge on any atom is 0.244 e. The predicted octanol–water partition coefficient (Wildman–Crippen LogP) is 4.58. The highest BCUT2D eigenvalue weighted by Crippen LogP contribution is 2.23. The van der Waals surface area contributed by atoms with Gasteiger partial charge in [-0.1, -0.05) is 37.3 Å². The highest BCUT2D eigenvalue weighted by atomic mass is 32.1. The highest BCUT2D eigenvalue weighted by Gasteiger charge is 2.20. The van der Waals surface area contributed by atoms with Crippen molar-refractivity contribution >= 4 is 34.5 Å². The summed E-state index contributed by atoms with van der Waals surface area (Å²) < 4.78 is 0. The van der Waals surface area contributed by atoms with Gasteiger partial charge in [0, 0.05) is 29.4 Å². The SMILES string of the molecule is CCc1ccccc1NC(=O)CN(C)C(=O)C(C)Nc1ccc(-c2csc(C)n2)cc1. The number of rotatable bonds is 8. The molecule has 6 nitrogen and oxygen atoms in total. The van der Waals surface area contributed by atoms with Crippen LogP contribution in [0.3, 0.4) is 0 Å². The summed E-state index contributed by atoms with van der Waals surface area (Å²) >= 11 is 1.62. The van der Waals surface area contributed by atoms with Crippen LogP contribution in [0.15, 0.2) is 53.9 Å². The van der Waals surface area contributed by atoms with Gasteiger partial charge in [-0.3, -0.25) is 9.59 Å². The second kappa shape index (κ2) is 10.2. The van der Waals surface area contributed by atoms with Gasteiger partial charge < -0.3 is 15.5 Å². The molecule has 0 spiro atoms. The van der Waals surface area contributed by atoms with Crippen molar-refractivity contribution in [3.05, 3.63) is 64.5 Å². The summed E-state index contributed by atoms with van der Waals surface area (Å²) in [5.41, 5.74) is 4.68. The molecule has 31 heavy (non-hydrogen) atoms. The molecule has 0 saturated carbocycles. The van der Waals surface area contributed by atoms with E-state index in [0.29, 0.717) is 0 Å². The van der Waals surface area contributed by atoms with Gasteiger partial charge in [-0.05, 0) is 44.0 Å². The van der Waals surface area contributed by atoms with E-state index in [1.807, 2.05) is 67.8 Å². The van der Waals surface area contributed by atoms with Crippen LogP contribution in [-0.4, -0.2) is 41.3 Å². The number of likely N-dealkylation sites (N-methyl/N-ethyl adjacent to an activating group) is 1. The molecule has 1 unspecified atom stereocenters. The first-order valence-electron chi connectivity index (χ1n) is 10.3. The largest absolute Gasteiger partial charge is 0.374 e. The van der Waals surface area contributed by atoms with Crippen LogP contribution in [0, 0.1) is 6.92 Å². The first kappa shape index (κ1) is 22.5. The molecule has 0 saturated heterocycles. The summed E-state index contributed by atoms with van der Waals surface area (Å²) in [6, 6.07) is 15.1. The third-order valence-electron chi connectivity index (χ3n) is 4.98. The predicted molar refractivity (Wildman–Crippen MR) is 127 cm³/mol. The van der Waals surface area contributed by atoms with E-state index in [0.717, 1.165) is 39.6 Å². The van der Waals surface area contributed by atoms with E-state index < -0.39 is 6.04 Å². The van der Waals surface area contributed by atoms with Crippen molar-refractivity contribution in [2.24, 2.45) is 0 Å². The molecule has 2 aromatic carbocycles. The zero-order chi connectivity index (χ0) is 22.4. The van der Waals surface area contributed by atoms with Gasteiger partial charge in [0.1, 0.15) is 6.04 Å². The number of thiazole rings is 1. The van der Waals surface area contributed by atoms with Crippen LogP contribution in [0.2, 0.25) is 0 Å². The molecule has 1 aromatic heterocycles. The maximum absolute atomic E-state index is 12.7. The van der Waals surface area contributed by atoms with Crippen molar-refractivity contribution in [3.8, 4) is 11.3 Å². The summed E-state index contributed by atoms with van der Waals surface area (Å²) in [5.74, 6) is -0.370. The molecule has 3 rings (SSSR count). The summed E-state index contributed by atoms with van der Waals surface area (Å²) in [6.07, 6.45) is 0.826. The van der Waals surface area contributed by atoms with Crippen LogP contribution in [0.25, 0.3) is 11.3 Å². The van der Waals surface area contributed by atoms with Gasteiger partial charge in [0.05, 0.1) is 17.2 Å². The van der Waals surface area contributed by atoms with Crippen LogP contribution in [0.4, 0.5) is 11.4 Å². The molecule has 0 aliphatic carbocycles. The first-order valence-corrected chi connectivity index (χ1v) is 11.2. The molecule has 0 aliphatic rings. The molecule has 162 valence electrons. The van der Waals surface area contributed by atoms with E-state index in [1.54, 1.807) is 25.3 Å². The Morgan fingerprint density at radius 3 is 2.48 bits per heavy atom. The molecule has 3 aromatic rings. The molecular weight excluding hydrogens is 408 g/mol. The van der Waals surface area contributed by atoms with E-state index >= 15 is 0 Å². The number of anilines is 2. The molecule has 0 fully saturated rings. The Hall–Kier alpha value is -3.19. The molecule has 7 heteroatoms. The normalized spacial score (nSPS) is 11.6. The van der Waals surface area contributed by atoms with Crippen molar-refractivity contribution in [1.29, 1.82) is 0 Å². The summed E-state index contributed by atoms with van der Waals surface area (Å²) in [5, 5.41) is 9.17. The number of aromatic nitrogens is 1. The van der Waals surface area contributed by atoms with E-state index in [4.69, 9.17) is 0 Å². The van der Waals surface area contributed by atoms with Crippen molar-refractivity contribution in [1.82, 2.24) is 9.88 Å². The third-order valence-corrected chi connectivity index (χ3v) is 5.76. The Morgan fingerprint density at radius 1 is 1.13 bits per heavy atom. The van der Waals surface area contributed by atoms with Gasteiger partial charge in [0.2, 0.25) is 11.8 Å². The number of para-hydroxylation sites is 1. The molecular formula is C24H28N4O2S. The summed E-state index contributed by atoms with van der Waals surface area (Å²) in [7, 11) is 1.64. The molecule has 0 radical (unpaired) electrons. The fourth-order valence-electron chi connectivity index (χ4n) is 3.31. The number of nitrogens with one attached hydrogen (secondary N) is 2. The molecule has 1 atom stereocenters. The van der Waals surface area contributed by atoms with Crippen molar-refractivity contribution in [2.45, 2.75) is 33.2 Å². The lowest BCUT2D eigenvalue weighted by Crippen LogP contribution is -2.42. The minimum Gasteiger partial charge on any atom is -0.374 e. The van der Waals surface area contributed by atoms with Gasteiger partial charge >= 0.3 is 0 Å². The number of aryl methyl sites for hydroxylation is 2. The zero-order valence-electron chi connectivity index (χ0n) is 18.3. The number of carbonyl (C=O) groups is 2. The minimum absolute atomic E-state index is 0.00891. The number of nitrogens with zero attached hydrogens (tertiary/aromatic N) is 2. The fourth-order valence-corrected chi connectivity index (χ4v) is 3.93. The van der Waals surface area contributed by atoms with Crippen molar-refractivity contribution in [3.63, 3.8) is 0 Å². The molecule has 2 N–H and O–H groups in total. The molecule has 0 aliphatic heterocycles. The molecule has 0 bridgehead atoms. The van der Waals surface area contributed by atoms with E-state index in [9.17, 15) is 9.59 Å². The number of benzene rings is 2. The van der Waals surface area contributed by atoms with Crippen LogP contribution in [-0.2, 0) is 16.0 Å². The average molecular weight is 437 g/mol. The smallest absolute Gasteiger partial charge is 0.244 e. The zero-order valence-corrected chi connectivity index (χ0v) is 19.1. The van der Waals surface area contributed by atoms with E-state index in [-0.39, 0.29) is 18.4 Å². The second-order valence-corrected chi connectivity index (χ2v) is 8.51. The summed E-state index contributed by atoms with van der Waals surface area (Å²) in [6.45, 7) is 5.81. The number of carbonyl (C=O) groups excluding carboxylic acids is 2. The van der Waals surface area contributed by atoms with Crippen LogP contribution >= 0.6 is 11.3 Å². The van der Waals surface area contributed by atoms with Crippen molar-refractivity contribution < 1.29 is 9.59 Å². The van der Waals surface area contributed by atoms with Crippen LogP contribution in [0.1, 0.15) is 24.4 Å². The number of hydrogen-bond donors (Lipinski definition) is 2. The Morgan fingerprint density at radius 2 is 1.84 bits per heavy atom. The maximum atomic E-state index is 12.7. The third kappa shape index (κ3) is 5.92. The van der Waals surface area contributed by atoms with E-state index in [1.165, 1.54) is 4.90 Å².